The van der Waals surface area contributed by atoms with Gasteiger partial charge in [-0.2, -0.15) is 0 Å². The zero-order valence-electron chi connectivity index (χ0n) is 27.6. The number of hydrogen-bond acceptors (Lipinski definition) is 14. The Labute approximate surface area is 281 Å². The van der Waals surface area contributed by atoms with Crippen molar-refractivity contribution in [3.63, 3.8) is 0 Å². The summed E-state index contributed by atoms with van der Waals surface area (Å²) in [4.78, 5) is 42.9. The Morgan fingerprint density at radius 3 is 2.56 bits per heavy atom. The monoisotopic (exact) mass is 684 g/mol. The lowest BCUT2D eigenvalue weighted by molar-refractivity contribution is -0.184. The number of amides is 1. The quantitative estimate of drug-likeness (QED) is 0.269. The summed E-state index contributed by atoms with van der Waals surface area (Å²) in [5.41, 5.74) is 9.98. The zero-order valence-corrected chi connectivity index (χ0v) is 28.4. The van der Waals surface area contributed by atoms with Crippen LogP contribution >= 0.6 is 11.8 Å². The summed E-state index contributed by atoms with van der Waals surface area (Å²) in [6, 6.07) is -2.14. The van der Waals surface area contributed by atoms with E-state index in [-0.39, 0.29) is 30.9 Å². The number of phenols is 1. The number of ether oxygens (including phenoxy) is 5. The average Bonchev–Trinajstić information content (AvgIpc) is 3.52. The van der Waals surface area contributed by atoms with E-state index in [1.54, 1.807) is 6.92 Å². The van der Waals surface area contributed by atoms with Crippen LogP contribution in [-0.2, 0) is 25.5 Å². The summed E-state index contributed by atoms with van der Waals surface area (Å²) in [6.45, 7) is 6.22. The highest BCUT2D eigenvalue weighted by Crippen LogP contribution is 2.63. The first-order valence-electron chi connectivity index (χ1n) is 15.9. The number of likely N-dealkylation sites (N-methyl/N-ethyl adjacent to an activating group) is 1. The molecule has 0 aliphatic carbocycles. The number of nitrogens with one attached hydrogen (secondary N) is 1. The number of methoxy groups -OCH3 is 1. The van der Waals surface area contributed by atoms with Gasteiger partial charge in [-0.3, -0.25) is 19.4 Å². The molecule has 14 nitrogen and oxygen atoms in total. The molecule has 48 heavy (non-hydrogen) atoms. The molecule has 5 heterocycles. The van der Waals surface area contributed by atoms with Gasteiger partial charge in [0.05, 0.1) is 36.5 Å². The maximum absolute atomic E-state index is 13.5. The second-order valence-electron chi connectivity index (χ2n) is 13.1. The van der Waals surface area contributed by atoms with Crippen LogP contribution in [0.15, 0.2) is 6.07 Å². The topological polar surface area (TPSA) is 182 Å². The molecule has 4 bridgehead atoms. The maximum Gasteiger partial charge on any atom is 0.329 e. The largest absolute Gasteiger partial charge is 0.504 e. The van der Waals surface area contributed by atoms with Gasteiger partial charge in [-0.05, 0) is 45.4 Å². The normalized spacial score (nSPS) is 29.6. The van der Waals surface area contributed by atoms with Crippen molar-refractivity contribution >= 4 is 29.6 Å². The minimum atomic E-state index is -1.04. The summed E-state index contributed by atoms with van der Waals surface area (Å²) < 4.78 is 29.5. The first kappa shape index (κ1) is 32.8. The Morgan fingerprint density at radius 2 is 1.88 bits per heavy atom. The molecule has 0 aromatic heterocycles. The lowest BCUT2D eigenvalue weighted by Gasteiger charge is -2.62. The van der Waals surface area contributed by atoms with Crippen molar-refractivity contribution in [2.24, 2.45) is 5.73 Å². The van der Waals surface area contributed by atoms with Gasteiger partial charge in [0.1, 0.15) is 24.6 Å². The molecule has 15 heteroatoms. The SMILES string of the molecule is COc1c(C)cc2c(c1O)[C@@H]1C3[C@@H]4SC[C@H](NC(=O)C(C)N)C(=O)OC[C@@H](c5c6c(c(C)c(OC(C)=O)c54)OCO6)N3[C@@H](O)[C@H](C2)N1C. The van der Waals surface area contributed by atoms with E-state index in [0.717, 1.165) is 11.1 Å². The second-order valence-corrected chi connectivity index (χ2v) is 14.2. The van der Waals surface area contributed by atoms with Crippen LogP contribution in [0.25, 0.3) is 0 Å². The Kier molecular flexibility index (Phi) is 8.18. The summed E-state index contributed by atoms with van der Waals surface area (Å²) >= 11 is 1.35. The predicted octanol–water partition coefficient (Wildman–Crippen LogP) is 1.49. The minimum Gasteiger partial charge on any atom is -0.504 e. The van der Waals surface area contributed by atoms with Crippen LogP contribution in [0, 0.1) is 13.8 Å². The standard InChI is InChI=1S/C33H40N4O10S/c1-12-7-16-8-18-32(41)37-19-9-44-33(42)17(35-31(40)14(3)34)10-48-30(24(37)23(36(18)5)20(16)25(39)26(12)43-6)22-21(19)29-28(45-11-46-29)13(2)27(22)47-15(4)38/h7,14,17-19,23-24,30,32,39,41H,8-11,34H2,1-6H3,(H,35,40)/t14?,17-,18-,19-,23+,24?,30+,32-/m0/s1. The van der Waals surface area contributed by atoms with Crippen molar-refractivity contribution in [2.45, 2.75) is 81.8 Å². The van der Waals surface area contributed by atoms with Crippen LogP contribution in [0.3, 0.4) is 0 Å². The lowest BCUT2D eigenvalue weighted by atomic mass is 9.73. The van der Waals surface area contributed by atoms with Crippen molar-refractivity contribution in [1.82, 2.24) is 15.1 Å². The smallest absolute Gasteiger partial charge is 0.329 e. The molecule has 5 aliphatic rings. The summed E-state index contributed by atoms with van der Waals surface area (Å²) in [7, 11) is 3.44. The van der Waals surface area contributed by atoms with E-state index >= 15 is 0 Å². The molecule has 2 saturated heterocycles. The number of rotatable bonds is 4. The molecule has 2 aromatic rings. The van der Waals surface area contributed by atoms with Crippen molar-refractivity contribution in [3.05, 3.63) is 39.4 Å². The highest BCUT2D eigenvalue weighted by molar-refractivity contribution is 7.99. The molecule has 0 radical (unpaired) electrons. The number of aromatic hydroxyl groups is 1. The van der Waals surface area contributed by atoms with Gasteiger partial charge < -0.3 is 44.9 Å². The van der Waals surface area contributed by atoms with Gasteiger partial charge in [0, 0.05) is 41.0 Å². The molecule has 0 spiro atoms. The number of nitrogens with two attached hydrogens (primary N) is 1. The third-order valence-electron chi connectivity index (χ3n) is 10.2. The molecule has 258 valence electrons. The van der Waals surface area contributed by atoms with Gasteiger partial charge in [-0.15, -0.1) is 11.8 Å². The average molecular weight is 685 g/mol. The van der Waals surface area contributed by atoms with Crippen LogP contribution in [0.2, 0.25) is 0 Å². The number of cyclic esters (lactones) is 1. The number of aryl methyl sites for hydroxylation is 1. The highest BCUT2D eigenvalue weighted by atomic mass is 32.2. The highest BCUT2D eigenvalue weighted by Gasteiger charge is 2.60. The number of phenolic OH excluding ortho intramolecular Hbond substituents is 1. The molecule has 0 saturated carbocycles. The number of fused-ring (bicyclic) bond motifs is 9. The Morgan fingerprint density at radius 1 is 1.15 bits per heavy atom. The van der Waals surface area contributed by atoms with Gasteiger partial charge >= 0.3 is 11.9 Å². The van der Waals surface area contributed by atoms with Crippen LogP contribution < -0.4 is 30.0 Å². The van der Waals surface area contributed by atoms with E-state index in [9.17, 15) is 24.6 Å². The number of carbonyl (C=O) groups excluding carboxylic acids is 3. The van der Waals surface area contributed by atoms with Crippen LogP contribution in [-0.4, -0.2) is 102 Å². The Balaban J connectivity index is 1.50. The third kappa shape index (κ3) is 4.81. The van der Waals surface area contributed by atoms with Crippen molar-refractivity contribution < 1.29 is 48.3 Å². The van der Waals surface area contributed by atoms with Gasteiger partial charge in [0.15, 0.2) is 23.0 Å². The van der Waals surface area contributed by atoms with E-state index in [1.807, 2.05) is 24.9 Å². The number of thioether (sulfide) groups is 1. The van der Waals surface area contributed by atoms with E-state index < -0.39 is 59.5 Å². The molecule has 7 rings (SSSR count). The summed E-state index contributed by atoms with van der Waals surface area (Å²) in [5, 5.41) is 26.2. The number of nitrogens with zero attached hydrogens (tertiary/aromatic N) is 2. The first-order chi connectivity index (χ1) is 22.8. The number of hydrogen-bond donors (Lipinski definition) is 4. The number of benzene rings is 2. The molecule has 8 atom stereocenters. The van der Waals surface area contributed by atoms with Crippen LogP contribution in [0.5, 0.6) is 28.7 Å². The maximum atomic E-state index is 13.5. The number of carbonyl (C=O) groups is 3. The molecule has 5 aliphatic heterocycles. The predicted molar refractivity (Wildman–Crippen MR) is 172 cm³/mol. The Bertz CT molecular complexity index is 1720. The Hall–Kier alpha value is -3.76. The van der Waals surface area contributed by atoms with Crippen molar-refractivity contribution in [3.8, 4) is 28.7 Å². The van der Waals surface area contributed by atoms with E-state index in [0.29, 0.717) is 51.7 Å². The fourth-order valence-electron chi connectivity index (χ4n) is 8.18. The molecular weight excluding hydrogens is 644 g/mol. The first-order valence-corrected chi connectivity index (χ1v) is 17.0. The summed E-state index contributed by atoms with van der Waals surface area (Å²) in [5.74, 6) is -0.0949. The number of piperazine rings is 1. The number of esters is 2. The number of aliphatic hydroxyl groups excluding tert-OH is 1. The molecule has 5 N–H and O–H groups in total. The van der Waals surface area contributed by atoms with Crippen LogP contribution in [0.4, 0.5) is 0 Å². The minimum absolute atomic E-state index is 0.0212. The molecular formula is C33H40N4O10S. The second kappa shape index (κ2) is 12.0. The van der Waals surface area contributed by atoms with Crippen molar-refractivity contribution in [2.75, 3.05) is 33.3 Å². The molecule has 2 unspecified atom stereocenters. The van der Waals surface area contributed by atoms with Gasteiger partial charge in [-0.1, -0.05) is 6.07 Å². The van der Waals surface area contributed by atoms with Gasteiger partial charge in [0.25, 0.3) is 0 Å². The van der Waals surface area contributed by atoms with Crippen LogP contribution in [0.1, 0.15) is 64.6 Å². The molecule has 2 fully saturated rings. The van der Waals surface area contributed by atoms with E-state index in [1.165, 1.54) is 32.7 Å². The fourth-order valence-corrected chi connectivity index (χ4v) is 9.69. The van der Waals surface area contributed by atoms with Crippen molar-refractivity contribution in [1.29, 1.82) is 0 Å². The molecule has 2 aromatic carbocycles. The molecule has 1 amide bonds. The van der Waals surface area contributed by atoms with Gasteiger partial charge in [0.2, 0.25) is 12.7 Å². The van der Waals surface area contributed by atoms with Gasteiger partial charge in [-0.25, -0.2) is 4.79 Å². The zero-order chi connectivity index (χ0) is 34.3. The third-order valence-corrected chi connectivity index (χ3v) is 11.6. The fraction of sp³-hybridized carbons (Fsp3) is 0.545. The summed E-state index contributed by atoms with van der Waals surface area (Å²) in [6.07, 6.45) is -0.601. The lowest BCUT2D eigenvalue weighted by Crippen LogP contribution is -2.69. The van der Waals surface area contributed by atoms with E-state index in [4.69, 9.17) is 29.4 Å². The number of aliphatic hydroxyl groups is 1. The van der Waals surface area contributed by atoms with E-state index in [2.05, 4.69) is 10.2 Å².